The van der Waals surface area contributed by atoms with E-state index >= 15 is 0 Å². The molecule has 0 saturated carbocycles. The normalized spacial score (nSPS) is 11.0. The van der Waals surface area contributed by atoms with E-state index in [2.05, 4.69) is 46.2 Å². The van der Waals surface area contributed by atoms with Gasteiger partial charge in [0.25, 0.3) is 0 Å². The van der Waals surface area contributed by atoms with Gasteiger partial charge < -0.3 is 10.1 Å². The molecule has 1 N–H and O–H groups in total. The second-order valence-electron chi connectivity index (χ2n) is 5.79. The number of aromatic nitrogens is 3. The van der Waals surface area contributed by atoms with Gasteiger partial charge in [0.15, 0.2) is 0 Å². The Balaban J connectivity index is 2.02. The van der Waals surface area contributed by atoms with Crippen LogP contribution in [0.3, 0.4) is 0 Å². The van der Waals surface area contributed by atoms with Crippen LogP contribution in [-0.2, 0) is 0 Å². The number of hydrogen-bond acceptors (Lipinski definition) is 5. The highest BCUT2D eigenvalue weighted by Gasteiger charge is 2.09. The standard InChI is InChI=1S/C18H20N4O/c1-11(2)14-9-12(3)20-16-6-5-13(10-15(14)16)21-18-19-8-7-17(22-18)23-4/h5-11H,1-4H3,(H,19,21,22). The summed E-state index contributed by atoms with van der Waals surface area (Å²) in [5.41, 5.74) is 4.27. The maximum Gasteiger partial charge on any atom is 0.230 e. The maximum atomic E-state index is 5.13. The molecule has 2 heterocycles. The number of fused-ring (bicyclic) bond motifs is 1. The van der Waals surface area contributed by atoms with Crippen LogP contribution in [0.5, 0.6) is 5.88 Å². The number of aryl methyl sites for hydroxylation is 1. The van der Waals surface area contributed by atoms with Gasteiger partial charge in [-0.05, 0) is 42.7 Å². The van der Waals surface area contributed by atoms with E-state index in [0.29, 0.717) is 17.7 Å². The van der Waals surface area contributed by atoms with Crippen molar-refractivity contribution in [3.63, 3.8) is 0 Å². The van der Waals surface area contributed by atoms with E-state index in [1.54, 1.807) is 19.4 Å². The van der Waals surface area contributed by atoms with Crippen LogP contribution in [0, 0.1) is 6.92 Å². The van der Waals surface area contributed by atoms with Crippen molar-refractivity contribution in [2.75, 3.05) is 12.4 Å². The molecule has 5 nitrogen and oxygen atoms in total. The summed E-state index contributed by atoms with van der Waals surface area (Å²) in [5, 5.41) is 4.37. The van der Waals surface area contributed by atoms with Gasteiger partial charge in [0, 0.05) is 29.0 Å². The van der Waals surface area contributed by atoms with Crippen molar-refractivity contribution >= 4 is 22.5 Å². The van der Waals surface area contributed by atoms with Crippen molar-refractivity contribution in [2.45, 2.75) is 26.7 Å². The second-order valence-corrected chi connectivity index (χ2v) is 5.79. The summed E-state index contributed by atoms with van der Waals surface area (Å²) in [5.74, 6) is 1.47. The van der Waals surface area contributed by atoms with E-state index < -0.39 is 0 Å². The fourth-order valence-corrected chi connectivity index (χ4v) is 2.59. The van der Waals surface area contributed by atoms with Gasteiger partial charge in [-0.2, -0.15) is 4.98 Å². The minimum absolute atomic E-state index is 0.433. The maximum absolute atomic E-state index is 5.13. The lowest BCUT2D eigenvalue weighted by atomic mass is 9.97. The number of anilines is 2. The average Bonchev–Trinajstić information content (AvgIpc) is 2.54. The Morgan fingerprint density at radius 3 is 2.65 bits per heavy atom. The van der Waals surface area contributed by atoms with Crippen LogP contribution in [0.2, 0.25) is 0 Å². The molecule has 1 aromatic carbocycles. The molecule has 3 rings (SSSR count). The molecule has 5 heteroatoms. The molecule has 23 heavy (non-hydrogen) atoms. The van der Waals surface area contributed by atoms with Crippen LogP contribution in [0.25, 0.3) is 10.9 Å². The molecule has 2 aromatic heterocycles. The average molecular weight is 308 g/mol. The van der Waals surface area contributed by atoms with Gasteiger partial charge in [-0.25, -0.2) is 4.98 Å². The number of methoxy groups -OCH3 is 1. The van der Waals surface area contributed by atoms with Crippen LogP contribution in [0.15, 0.2) is 36.5 Å². The Hall–Kier alpha value is -2.69. The van der Waals surface area contributed by atoms with E-state index in [1.807, 2.05) is 19.1 Å². The third-order valence-electron chi connectivity index (χ3n) is 3.69. The van der Waals surface area contributed by atoms with Crippen molar-refractivity contribution in [3.8, 4) is 5.88 Å². The number of pyridine rings is 1. The SMILES string of the molecule is COc1ccnc(Nc2ccc3nc(C)cc(C(C)C)c3c2)n1. The zero-order valence-electron chi connectivity index (χ0n) is 13.8. The molecular weight excluding hydrogens is 288 g/mol. The molecule has 0 spiro atoms. The number of benzene rings is 1. The van der Waals surface area contributed by atoms with Crippen LogP contribution >= 0.6 is 0 Å². The zero-order chi connectivity index (χ0) is 16.4. The third-order valence-corrected chi connectivity index (χ3v) is 3.69. The summed E-state index contributed by atoms with van der Waals surface area (Å²) >= 11 is 0. The summed E-state index contributed by atoms with van der Waals surface area (Å²) in [6.07, 6.45) is 1.67. The Kier molecular flexibility index (Phi) is 4.10. The zero-order valence-corrected chi connectivity index (χ0v) is 13.8. The minimum atomic E-state index is 0.433. The molecule has 0 radical (unpaired) electrons. The van der Waals surface area contributed by atoms with E-state index in [1.165, 1.54) is 5.56 Å². The van der Waals surface area contributed by atoms with Crippen molar-refractivity contribution in [2.24, 2.45) is 0 Å². The molecule has 0 saturated heterocycles. The third kappa shape index (κ3) is 3.23. The highest BCUT2D eigenvalue weighted by Crippen LogP contribution is 2.28. The van der Waals surface area contributed by atoms with Gasteiger partial charge in [0.1, 0.15) is 0 Å². The summed E-state index contributed by atoms with van der Waals surface area (Å²) in [4.78, 5) is 13.1. The predicted octanol–water partition coefficient (Wildman–Crippen LogP) is 4.21. The number of hydrogen-bond donors (Lipinski definition) is 1. The number of nitrogens with one attached hydrogen (secondary N) is 1. The molecule has 0 aliphatic carbocycles. The van der Waals surface area contributed by atoms with Crippen LogP contribution in [-0.4, -0.2) is 22.1 Å². The first-order valence-corrected chi connectivity index (χ1v) is 7.62. The molecule has 0 atom stereocenters. The first-order valence-electron chi connectivity index (χ1n) is 7.62. The van der Waals surface area contributed by atoms with Gasteiger partial charge in [-0.3, -0.25) is 4.98 Å². The molecule has 118 valence electrons. The molecular formula is C18H20N4O. The molecule has 0 aliphatic rings. The van der Waals surface area contributed by atoms with Crippen molar-refractivity contribution in [3.05, 3.63) is 47.8 Å². The highest BCUT2D eigenvalue weighted by atomic mass is 16.5. The second kappa shape index (κ2) is 6.20. The van der Waals surface area contributed by atoms with Gasteiger partial charge in [0.2, 0.25) is 11.8 Å². The summed E-state index contributed by atoms with van der Waals surface area (Å²) < 4.78 is 5.13. The Morgan fingerprint density at radius 2 is 1.91 bits per heavy atom. The summed E-state index contributed by atoms with van der Waals surface area (Å²) in [6.45, 7) is 6.42. The van der Waals surface area contributed by atoms with Gasteiger partial charge >= 0.3 is 0 Å². The van der Waals surface area contributed by atoms with E-state index in [9.17, 15) is 0 Å². The fourth-order valence-electron chi connectivity index (χ4n) is 2.59. The smallest absolute Gasteiger partial charge is 0.230 e. The topological polar surface area (TPSA) is 59.9 Å². The lowest BCUT2D eigenvalue weighted by Gasteiger charge is -2.13. The summed E-state index contributed by atoms with van der Waals surface area (Å²) in [6, 6.07) is 9.98. The molecule has 0 unspecified atom stereocenters. The Labute approximate surface area is 135 Å². The first-order chi connectivity index (χ1) is 11.1. The lowest BCUT2D eigenvalue weighted by Crippen LogP contribution is -1.99. The van der Waals surface area contributed by atoms with Crippen molar-refractivity contribution in [1.82, 2.24) is 15.0 Å². The summed E-state index contributed by atoms with van der Waals surface area (Å²) in [7, 11) is 1.59. The van der Waals surface area contributed by atoms with Gasteiger partial charge in [0.05, 0.1) is 12.6 Å². The monoisotopic (exact) mass is 308 g/mol. The highest BCUT2D eigenvalue weighted by molar-refractivity contribution is 5.86. The van der Waals surface area contributed by atoms with Crippen LogP contribution in [0.4, 0.5) is 11.6 Å². The molecule has 0 bridgehead atoms. The van der Waals surface area contributed by atoms with Crippen molar-refractivity contribution < 1.29 is 4.74 Å². The molecule has 0 fully saturated rings. The van der Waals surface area contributed by atoms with E-state index in [0.717, 1.165) is 22.3 Å². The lowest BCUT2D eigenvalue weighted by molar-refractivity contribution is 0.397. The van der Waals surface area contributed by atoms with Gasteiger partial charge in [-0.15, -0.1) is 0 Å². The van der Waals surface area contributed by atoms with Crippen molar-refractivity contribution in [1.29, 1.82) is 0 Å². The fraction of sp³-hybridized carbons (Fsp3) is 0.278. The number of nitrogens with zero attached hydrogens (tertiary/aromatic N) is 3. The number of ether oxygens (including phenoxy) is 1. The van der Waals surface area contributed by atoms with Crippen LogP contribution < -0.4 is 10.1 Å². The Bertz CT molecular complexity index is 846. The Morgan fingerprint density at radius 1 is 1.09 bits per heavy atom. The molecule has 0 aliphatic heterocycles. The van der Waals surface area contributed by atoms with E-state index in [-0.39, 0.29) is 0 Å². The quantitative estimate of drug-likeness (QED) is 0.782. The minimum Gasteiger partial charge on any atom is -0.481 e. The molecule has 0 amide bonds. The largest absolute Gasteiger partial charge is 0.481 e. The van der Waals surface area contributed by atoms with Gasteiger partial charge in [-0.1, -0.05) is 13.8 Å². The van der Waals surface area contributed by atoms with E-state index in [4.69, 9.17) is 4.74 Å². The predicted molar refractivity (Wildman–Crippen MR) is 92.4 cm³/mol. The van der Waals surface area contributed by atoms with Crippen LogP contribution in [0.1, 0.15) is 31.0 Å². The first kappa shape index (κ1) is 15.2. The number of rotatable bonds is 4. The molecule has 3 aromatic rings.